The first kappa shape index (κ1) is 19.1. The molecule has 0 amide bonds. The van der Waals surface area contributed by atoms with Crippen molar-refractivity contribution in [2.75, 3.05) is 0 Å². The fourth-order valence-electron chi connectivity index (χ4n) is 4.75. The van der Waals surface area contributed by atoms with Crippen LogP contribution in [0.3, 0.4) is 0 Å². The Kier molecular flexibility index (Phi) is 6.44. The summed E-state index contributed by atoms with van der Waals surface area (Å²) in [5.41, 5.74) is 0.952. The Morgan fingerprint density at radius 1 is 0.962 bits per heavy atom. The summed E-state index contributed by atoms with van der Waals surface area (Å²) in [5.74, 6) is 1.95. The van der Waals surface area contributed by atoms with E-state index in [1.807, 2.05) is 6.07 Å². The van der Waals surface area contributed by atoms with Gasteiger partial charge in [0.05, 0.1) is 0 Å². The molecule has 1 aromatic carbocycles. The Balaban J connectivity index is 1.54. The summed E-state index contributed by atoms with van der Waals surface area (Å²) in [7, 11) is 0. The highest BCUT2D eigenvalue weighted by Crippen LogP contribution is 2.44. The monoisotopic (exact) mass is 364 g/mol. The van der Waals surface area contributed by atoms with Gasteiger partial charge in [-0.25, -0.2) is 4.39 Å². The van der Waals surface area contributed by atoms with Gasteiger partial charge in [0.2, 0.25) is 0 Å². The first-order chi connectivity index (χ1) is 12.6. The van der Waals surface area contributed by atoms with Crippen molar-refractivity contribution in [2.24, 2.45) is 17.8 Å². The minimum absolute atomic E-state index is 0.158. The quantitative estimate of drug-likeness (QED) is 0.396. The SMILES string of the molecule is C=CC1CCC(C2CCC(c3ccc(OC=C(F)F)c(F)c3)CC2)CC1. The molecule has 0 N–H and O–H groups in total. The minimum atomic E-state index is -1.98. The van der Waals surface area contributed by atoms with E-state index in [0.29, 0.717) is 11.8 Å². The molecule has 2 aliphatic rings. The Labute approximate surface area is 153 Å². The van der Waals surface area contributed by atoms with Crippen molar-refractivity contribution >= 4 is 0 Å². The summed E-state index contributed by atoms with van der Waals surface area (Å²) in [6.45, 7) is 3.92. The van der Waals surface area contributed by atoms with Crippen LogP contribution in [0.25, 0.3) is 0 Å². The van der Waals surface area contributed by atoms with Crippen LogP contribution in [0.2, 0.25) is 0 Å². The lowest BCUT2D eigenvalue weighted by Crippen LogP contribution is -2.25. The van der Waals surface area contributed by atoms with E-state index in [0.717, 1.165) is 30.2 Å². The third kappa shape index (κ3) is 4.72. The Morgan fingerprint density at radius 3 is 2.12 bits per heavy atom. The number of ether oxygens (including phenoxy) is 1. The van der Waals surface area contributed by atoms with Gasteiger partial charge in [-0.15, -0.1) is 6.58 Å². The molecule has 0 unspecified atom stereocenters. The minimum Gasteiger partial charge on any atom is -0.456 e. The van der Waals surface area contributed by atoms with Crippen LogP contribution >= 0.6 is 0 Å². The van der Waals surface area contributed by atoms with Gasteiger partial charge in [0.1, 0.15) is 0 Å². The van der Waals surface area contributed by atoms with E-state index in [2.05, 4.69) is 17.4 Å². The topological polar surface area (TPSA) is 9.23 Å². The maximum absolute atomic E-state index is 14.1. The van der Waals surface area contributed by atoms with Crippen molar-refractivity contribution in [3.05, 3.63) is 54.6 Å². The van der Waals surface area contributed by atoms with Gasteiger partial charge in [-0.05, 0) is 92.7 Å². The maximum atomic E-state index is 14.1. The average Bonchev–Trinajstić information content (AvgIpc) is 2.67. The smallest absolute Gasteiger partial charge is 0.305 e. The predicted octanol–water partition coefficient (Wildman–Crippen LogP) is 7.21. The highest BCUT2D eigenvalue weighted by molar-refractivity contribution is 5.32. The largest absolute Gasteiger partial charge is 0.456 e. The molecule has 2 aliphatic carbocycles. The van der Waals surface area contributed by atoms with Crippen LogP contribution in [0.1, 0.15) is 62.8 Å². The van der Waals surface area contributed by atoms with Crippen molar-refractivity contribution in [1.82, 2.24) is 0 Å². The highest BCUT2D eigenvalue weighted by atomic mass is 19.3. The van der Waals surface area contributed by atoms with E-state index in [1.54, 1.807) is 0 Å². The van der Waals surface area contributed by atoms with Crippen molar-refractivity contribution in [1.29, 1.82) is 0 Å². The Bertz CT molecular complexity index is 635. The number of halogens is 3. The Hall–Kier alpha value is -1.71. The van der Waals surface area contributed by atoms with E-state index in [9.17, 15) is 13.2 Å². The molecule has 0 spiro atoms. The van der Waals surface area contributed by atoms with E-state index < -0.39 is 11.9 Å². The summed E-state index contributed by atoms with van der Waals surface area (Å²) in [6, 6.07) is 4.70. The molecule has 2 fully saturated rings. The molecule has 0 atom stereocenters. The number of hydrogen-bond acceptors (Lipinski definition) is 1. The van der Waals surface area contributed by atoms with Crippen LogP contribution in [0, 0.1) is 23.6 Å². The van der Waals surface area contributed by atoms with Crippen LogP contribution in [-0.2, 0) is 0 Å². The highest BCUT2D eigenvalue weighted by Gasteiger charge is 2.30. The van der Waals surface area contributed by atoms with E-state index >= 15 is 0 Å². The van der Waals surface area contributed by atoms with Crippen molar-refractivity contribution in [2.45, 2.75) is 57.3 Å². The lowest BCUT2D eigenvalue weighted by molar-refractivity contribution is 0.171. The van der Waals surface area contributed by atoms with Crippen molar-refractivity contribution < 1.29 is 17.9 Å². The van der Waals surface area contributed by atoms with Gasteiger partial charge in [-0.1, -0.05) is 12.1 Å². The molecular formula is C22H27F3O. The van der Waals surface area contributed by atoms with Crippen molar-refractivity contribution in [3.63, 3.8) is 0 Å². The molecule has 0 aliphatic heterocycles. The molecule has 0 aromatic heterocycles. The fourth-order valence-corrected chi connectivity index (χ4v) is 4.75. The predicted molar refractivity (Wildman–Crippen MR) is 97.7 cm³/mol. The molecule has 0 heterocycles. The molecular weight excluding hydrogens is 337 g/mol. The lowest BCUT2D eigenvalue weighted by atomic mass is 9.68. The molecule has 0 saturated heterocycles. The third-order valence-corrected chi connectivity index (χ3v) is 6.29. The average molecular weight is 364 g/mol. The second-order valence-electron chi connectivity index (χ2n) is 7.74. The Morgan fingerprint density at radius 2 is 1.58 bits per heavy atom. The zero-order valence-corrected chi connectivity index (χ0v) is 15.1. The molecule has 142 valence electrons. The normalized spacial score (nSPS) is 29.0. The number of hydrogen-bond donors (Lipinski definition) is 0. The van der Waals surface area contributed by atoms with Gasteiger partial charge >= 0.3 is 6.08 Å². The summed E-state index contributed by atoms with van der Waals surface area (Å²) in [4.78, 5) is 0. The molecule has 1 nitrogen and oxygen atoms in total. The zero-order chi connectivity index (χ0) is 18.5. The van der Waals surface area contributed by atoms with E-state index in [4.69, 9.17) is 0 Å². The first-order valence-electron chi connectivity index (χ1n) is 9.66. The molecule has 4 heteroatoms. The van der Waals surface area contributed by atoms with Crippen LogP contribution in [0.4, 0.5) is 13.2 Å². The van der Waals surface area contributed by atoms with E-state index in [-0.39, 0.29) is 12.0 Å². The molecule has 0 bridgehead atoms. The lowest BCUT2D eigenvalue weighted by Gasteiger charge is -2.37. The van der Waals surface area contributed by atoms with Crippen LogP contribution in [-0.4, -0.2) is 0 Å². The number of allylic oxidation sites excluding steroid dienone is 1. The molecule has 2 saturated carbocycles. The third-order valence-electron chi connectivity index (χ3n) is 6.29. The molecule has 0 radical (unpaired) electrons. The maximum Gasteiger partial charge on any atom is 0.305 e. The van der Waals surface area contributed by atoms with Gasteiger partial charge in [0, 0.05) is 0 Å². The van der Waals surface area contributed by atoms with Gasteiger partial charge in [0.15, 0.2) is 17.8 Å². The summed E-state index contributed by atoms with van der Waals surface area (Å²) in [5, 5.41) is 0. The van der Waals surface area contributed by atoms with E-state index in [1.165, 1.54) is 50.7 Å². The van der Waals surface area contributed by atoms with Crippen LogP contribution in [0.5, 0.6) is 5.75 Å². The van der Waals surface area contributed by atoms with Gasteiger partial charge in [-0.3, -0.25) is 0 Å². The second-order valence-corrected chi connectivity index (χ2v) is 7.74. The summed E-state index contributed by atoms with van der Waals surface area (Å²) in [6.07, 6.45) is 10.1. The first-order valence-corrected chi connectivity index (χ1v) is 9.66. The van der Waals surface area contributed by atoms with Gasteiger partial charge in [0.25, 0.3) is 0 Å². The second kappa shape index (κ2) is 8.79. The van der Waals surface area contributed by atoms with Crippen LogP contribution in [0.15, 0.2) is 43.2 Å². The summed E-state index contributed by atoms with van der Waals surface area (Å²) < 4.78 is 42.9. The molecule has 1 aromatic rings. The number of benzene rings is 1. The fraction of sp³-hybridized carbons (Fsp3) is 0.545. The molecule has 3 rings (SSSR count). The molecule has 26 heavy (non-hydrogen) atoms. The zero-order valence-electron chi connectivity index (χ0n) is 15.1. The van der Waals surface area contributed by atoms with Gasteiger partial charge in [-0.2, -0.15) is 8.78 Å². The van der Waals surface area contributed by atoms with Gasteiger partial charge < -0.3 is 4.74 Å². The number of rotatable bonds is 5. The standard InChI is InChI=1S/C22H27F3O/c1-2-15-3-5-16(6-4-15)17-7-9-18(10-8-17)19-11-12-21(20(23)13-19)26-14-22(24)25/h2,11-18H,1,3-10H2. The van der Waals surface area contributed by atoms with Crippen molar-refractivity contribution in [3.8, 4) is 5.75 Å². The summed E-state index contributed by atoms with van der Waals surface area (Å²) >= 11 is 0. The van der Waals surface area contributed by atoms with Crippen LogP contribution < -0.4 is 4.74 Å².